The zero-order valence-corrected chi connectivity index (χ0v) is 20.4. The van der Waals surface area contributed by atoms with Crippen molar-refractivity contribution in [3.05, 3.63) is 18.0 Å². The summed E-state index contributed by atoms with van der Waals surface area (Å²) in [6.07, 6.45) is 5.09. The first-order valence-electron chi connectivity index (χ1n) is 12.5. The van der Waals surface area contributed by atoms with Crippen LogP contribution in [0.3, 0.4) is 0 Å². The normalized spacial score (nSPS) is 24.0. The van der Waals surface area contributed by atoms with Crippen LogP contribution < -0.4 is 15.5 Å². The Labute approximate surface area is 209 Å². The van der Waals surface area contributed by atoms with E-state index in [1.807, 2.05) is 4.90 Å². The molecular weight excluding hydrogens is 460 g/mol. The predicted molar refractivity (Wildman–Crippen MR) is 132 cm³/mol. The number of hydrogen-bond acceptors (Lipinski definition) is 10. The van der Waals surface area contributed by atoms with Crippen molar-refractivity contribution in [2.45, 2.75) is 25.3 Å². The molecule has 0 spiro atoms. The number of hydrogen-bond donors (Lipinski definition) is 1. The summed E-state index contributed by atoms with van der Waals surface area (Å²) in [6, 6.07) is 2.27. The molecule has 4 aliphatic heterocycles. The largest absolute Gasteiger partial charge is 0.378 e. The molecule has 0 unspecified atom stereocenters. The van der Waals surface area contributed by atoms with Crippen molar-refractivity contribution in [3.63, 3.8) is 0 Å². The van der Waals surface area contributed by atoms with Gasteiger partial charge < -0.3 is 30.1 Å². The molecule has 36 heavy (non-hydrogen) atoms. The van der Waals surface area contributed by atoms with Crippen LogP contribution in [0.15, 0.2) is 12.4 Å². The number of aromatic nitrogens is 4. The maximum atomic E-state index is 13.0. The van der Waals surface area contributed by atoms with E-state index >= 15 is 0 Å². The van der Waals surface area contributed by atoms with E-state index in [2.05, 4.69) is 32.8 Å². The number of anilines is 3. The van der Waals surface area contributed by atoms with Crippen LogP contribution in [0.1, 0.15) is 18.9 Å². The van der Waals surface area contributed by atoms with Crippen molar-refractivity contribution in [1.29, 1.82) is 5.26 Å². The van der Waals surface area contributed by atoms with Crippen LogP contribution in [0, 0.1) is 17.2 Å². The molecule has 188 valence electrons. The number of nitrogens with two attached hydrogens (primary N) is 1. The number of carbonyl (C=O) groups excluding carboxylic acids is 1. The van der Waals surface area contributed by atoms with Gasteiger partial charge in [0, 0.05) is 69.3 Å². The van der Waals surface area contributed by atoms with Gasteiger partial charge in [-0.2, -0.15) is 10.2 Å². The predicted octanol–water partition coefficient (Wildman–Crippen LogP) is 0.755. The molecule has 6 rings (SSSR count). The number of nitriles is 1. The number of carbonyl (C=O) groups is 1. The molecular formula is C24H30N10O2. The first-order chi connectivity index (χ1) is 17.4. The van der Waals surface area contributed by atoms with E-state index in [1.165, 1.54) is 0 Å². The molecule has 0 radical (unpaired) electrons. The van der Waals surface area contributed by atoms with Crippen LogP contribution >= 0.6 is 0 Å². The summed E-state index contributed by atoms with van der Waals surface area (Å²) in [7, 11) is 0. The number of nitrogen functional groups attached to an aromatic ring is 1. The summed E-state index contributed by atoms with van der Waals surface area (Å²) in [6.45, 7) is 8.13. The van der Waals surface area contributed by atoms with Crippen molar-refractivity contribution < 1.29 is 9.53 Å². The Morgan fingerprint density at radius 3 is 2.61 bits per heavy atom. The Kier molecular flexibility index (Phi) is 5.52. The van der Waals surface area contributed by atoms with Gasteiger partial charge >= 0.3 is 6.03 Å². The first-order valence-corrected chi connectivity index (χ1v) is 12.5. The molecule has 0 saturated carbocycles. The number of fused-ring (bicyclic) bond motifs is 1. The highest BCUT2D eigenvalue weighted by atomic mass is 16.5. The van der Waals surface area contributed by atoms with Gasteiger partial charge in [0.2, 0.25) is 11.9 Å². The number of amides is 2. The highest BCUT2D eigenvalue weighted by Crippen LogP contribution is 2.41. The van der Waals surface area contributed by atoms with Crippen molar-refractivity contribution in [2.24, 2.45) is 5.92 Å². The molecule has 2 N–H and O–H groups in total. The zero-order chi connectivity index (χ0) is 24.9. The minimum atomic E-state index is -0.244. The second kappa shape index (κ2) is 8.74. The van der Waals surface area contributed by atoms with E-state index in [1.54, 1.807) is 17.3 Å². The Morgan fingerprint density at radius 1 is 1.14 bits per heavy atom. The van der Waals surface area contributed by atoms with Crippen molar-refractivity contribution in [3.8, 4) is 17.3 Å². The van der Waals surface area contributed by atoms with Gasteiger partial charge in [-0.1, -0.05) is 0 Å². The van der Waals surface area contributed by atoms with E-state index in [0.29, 0.717) is 45.3 Å². The third-order valence-corrected chi connectivity index (χ3v) is 7.76. The Balaban J connectivity index is 1.31. The zero-order valence-electron chi connectivity index (χ0n) is 20.4. The van der Waals surface area contributed by atoms with Gasteiger partial charge in [0.15, 0.2) is 0 Å². The van der Waals surface area contributed by atoms with Crippen LogP contribution in [0.2, 0.25) is 0 Å². The second-order valence-electron chi connectivity index (χ2n) is 10.2. The lowest BCUT2D eigenvalue weighted by Crippen LogP contribution is -2.55. The standard InChI is InChI=1S/C24H30N10O2/c1-24(3-5-32(15-24)23(35)33-13-16(10-25)14-33)34-4-2-18-19(17-11-27-21(26)28-12-17)29-22(30-20(18)34)31-6-8-36-9-7-31/h11-12,16H,2-9,13-15H2,1H3,(H2,26,27,28)/t24-/m0/s1. The highest BCUT2D eigenvalue weighted by molar-refractivity contribution is 5.77. The van der Waals surface area contributed by atoms with Gasteiger partial charge in [-0.15, -0.1) is 0 Å². The SMILES string of the molecule is C[C@]1(N2CCc3c(-c4cnc(N)nc4)nc(N4CCOCC4)nc32)CCN(C(=O)N2CC(C#N)C2)C1. The molecule has 12 nitrogen and oxygen atoms in total. The summed E-state index contributed by atoms with van der Waals surface area (Å²) in [5, 5.41) is 9.06. The maximum Gasteiger partial charge on any atom is 0.320 e. The van der Waals surface area contributed by atoms with Gasteiger partial charge in [0.25, 0.3) is 0 Å². The molecule has 3 saturated heterocycles. The second-order valence-corrected chi connectivity index (χ2v) is 10.2. The van der Waals surface area contributed by atoms with E-state index in [4.69, 9.17) is 25.7 Å². The molecule has 2 amide bonds. The fourth-order valence-corrected chi connectivity index (χ4v) is 5.62. The summed E-state index contributed by atoms with van der Waals surface area (Å²) >= 11 is 0. The summed E-state index contributed by atoms with van der Waals surface area (Å²) < 4.78 is 5.54. The molecule has 2 aromatic heterocycles. The molecule has 4 aliphatic rings. The molecule has 6 heterocycles. The third kappa shape index (κ3) is 3.83. The number of rotatable bonds is 3. The highest BCUT2D eigenvalue weighted by Gasteiger charge is 2.46. The first kappa shape index (κ1) is 22.7. The third-order valence-electron chi connectivity index (χ3n) is 7.76. The maximum absolute atomic E-state index is 13.0. The van der Waals surface area contributed by atoms with Crippen LogP contribution in [-0.4, -0.2) is 100 Å². The molecule has 0 aliphatic carbocycles. The summed E-state index contributed by atoms with van der Waals surface area (Å²) in [5.74, 6) is 1.78. The minimum absolute atomic E-state index is 0.0288. The van der Waals surface area contributed by atoms with Crippen molar-refractivity contribution in [1.82, 2.24) is 29.7 Å². The monoisotopic (exact) mass is 490 g/mol. The molecule has 12 heteroatoms. The summed E-state index contributed by atoms with van der Waals surface area (Å²) in [5.41, 5.74) is 8.22. The van der Waals surface area contributed by atoms with Crippen LogP contribution in [-0.2, 0) is 11.2 Å². The van der Waals surface area contributed by atoms with Gasteiger partial charge in [-0.05, 0) is 19.8 Å². The van der Waals surface area contributed by atoms with E-state index in [9.17, 15) is 4.79 Å². The fraction of sp³-hybridized carbons (Fsp3) is 0.583. The molecule has 2 aromatic rings. The van der Waals surface area contributed by atoms with Gasteiger partial charge in [0.1, 0.15) is 5.82 Å². The number of urea groups is 1. The number of nitrogens with zero attached hydrogens (tertiary/aromatic N) is 9. The number of likely N-dealkylation sites (tertiary alicyclic amines) is 2. The number of morpholine rings is 1. The minimum Gasteiger partial charge on any atom is -0.378 e. The lowest BCUT2D eigenvalue weighted by molar-refractivity contribution is 0.113. The molecule has 3 fully saturated rings. The van der Waals surface area contributed by atoms with Gasteiger partial charge in [0.05, 0.1) is 36.4 Å². The average Bonchev–Trinajstić information content (AvgIpc) is 3.49. The Morgan fingerprint density at radius 2 is 1.89 bits per heavy atom. The fourth-order valence-electron chi connectivity index (χ4n) is 5.62. The van der Waals surface area contributed by atoms with Crippen LogP contribution in [0.4, 0.5) is 22.5 Å². The van der Waals surface area contributed by atoms with Crippen LogP contribution in [0.25, 0.3) is 11.3 Å². The van der Waals surface area contributed by atoms with E-state index in [-0.39, 0.29) is 23.4 Å². The lowest BCUT2D eigenvalue weighted by atomic mass is 9.99. The Hall–Kier alpha value is -3.72. The number of ether oxygens (including phenoxy) is 1. The van der Waals surface area contributed by atoms with Crippen molar-refractivity contribution in [2.75, 3.05) is 74.6 Å². The molecule has 0 aromatic carbocycles. The molecule has 0 bridgehead atoms. The van der Waals surface area contributed by atoms with E-state index < -0.39 is 0 Å². The topological polar surface area (TPSA) is 141 Å². The lowest BCUT2D eigenvalue weighted by Gasteiger charge is -2.40. The molecule has 1 atom stereocenters. The summed E-state index contributed by atoms with van der Waals surface area (Å²) in [4.78, 5) is 39.7. The van der Waals surface area contributed by atoms with Gasteiger partial charge in [-0.25, -0.2) is 19.7 Å². The van der Waals surface area contributed by atoms with Crippen LogP contribution in [0.5, 0.6) is 0 Å². The van der Waals surface area contributed by atoms with E-state index in [0.717, 1.165) is 55.1 Å². The van der Waals surface area contributed by atoms with Crippen molar-refractivity contribution >= 4 is 23.7 Å². The average molecular weight is 491 g/mol. The smallest absolute Gasteiger partial charge is 0.320 e. The Bertz CT molecular complexity index is 1200. The quantitative estimate of drug-likeness (QED) is 0.655. The van der Waals surface area contributed by atoms with Gasteiger partial charge in [-0.3, -0.25) is 0 Å².